The molecule has 0 aromatic carbocycles. The van der Waals surface area contributed by atoms with Gasteiger partial charge in [-0.25, -0.2) is 0 Å². The monoisotopic (exact) mass is 131 g/mol. The lowest BCUT2D eigenvalue weighted by molar-refractivity contribution is -0.831. The molecule has 0 bridgehead atoms. The van der Waals surface area contributed by atoms with Crippen molar-refractivity contribution in [3.05, 3.63) is 7.05 Å². The van der Waals surface area contributed by atoms with Gasteiger partial charge in [0.1, 0.15) is 0 Å². The van der Waals surface area contributed by atoms with Gasteiger partial charge in [-0.3, -0.25) is 0 Å². The van der Waals surface area contributed by atoms with Gasteiger partial charge in [0.05, 0.1) is 13.2 Å². The average Bonchev–Trinajstić information content (AvgIpc) is 1.80. The first-order valence-corrected chi connectivity index (χ1v) is 3.49. The Kier molecular flexibility index (Phi) is 5.99. The minimum absolute atomic E-state index is 0.830. The van der Waals surface area contributed by atoms with Crippen LogP contribution in [0.2, 0.25) is 0 Å². The molecule has 0 spiro atoms. The number of rotatable bonds is 5. The fourth-order valence-corrected chi connectivity index (χ4v) is 0.620. The third kappa shape index (κ3) is 7.92. The Hall–Kier alpha value is -0.0800. The van der Waals surface area contributed by atoms with Gasteiger partial charge in [-0.05, 0) is 6.92 Å². The van der Waals surface area contributed by atoms with E-state index in [0.717, 1.165) is 26.2 Å². The van der Waals surface area contributed by atoms with E-state index in [-0.39, 0.29) is 0 Å². The van der Waals surface area contributed by atoms with E-state index in [2.05, 4.69) is 7.05 Å². The molecule has 0 saturated carbocycles. The second kappa shape index (κ2) is 6.05. The van der Waals surface area contributed by atoms with Crippen LogP contribution in [-0.4, -0.2) is 26.8 Å². The first kappa shape index (κ1) is 8.92. The molecule has 0 saturated heterocycles. The highest BCUT2D eigenvalue weighted by molar-refractivity contribution is 4.29. The molecule has 0 aliphatic carbocycles. The Bertz CT molecular complexity index is 54.9. The molecule has 0 fully saturated rings. The van der Waals surface area contributed by atoms with Gasteiger partial charge in [0.25, 0.3) is 0 Å². The van der Waals surface area contributed by atoms with E-state index in [4.69, 9.17) is 4.74 Å². The minimum Gasteiger partial charge on any atom is -0.470 e. The molecule has 0 aromatic heterocycles. The topological polar surface area (TPSA) is 13.7 Å². The van der Waals surface area contributed by atoms with Crippen molar-refractivity contribution < 1.29 is 9.64 Å². The molecule has 2 heteroatoms. The summed E-state index contributed by atoms with van der Waals surface area (Å²) in [6.07, 6.45) is 1.11. The molecule has 0 amide bonds. The summed E-state index contributed by atoms with van der Waals surface area (Å²) in [5.74, 6) is 0. The van der Waals surface area contributed by atoms with Gasteiger partial charge in [-0.15, -0.1) is 0 Å². The molecule has 56 valence electrons. The highest BCUT2D eigenvalue weighted by Crippen LogP contribution is 1.76. The number of hydrogen-bond donors (Lipinski definition) is 1. The summed E-state index contributed by atoms with van der Waals surface area (Å²) in [6.45, 7) is 4.82. The van der Waals surface area contributed by atoms with Crippen LogP contribution in [0.25, 0.3) is 0 Å². The van der Waals surface area contributed by atoms with Crippen LogP contribution in [0.1, 0.15) is 13.3 Å². The summed E-state index contributed by atoms with van der Waals surface area (Å²) in [4.78, 5) is 1.25. The lowest BCUT2D eigenvalue weighted by atomic mass is 10.4. The number of nitrogens with one attached hydrogen (secondary N) is 1. The van der Waals surface area contributed by atoms with Crippen molar-refractivity contribution >= 4 is 0 Å². The van der Waals surface area contributed by atoms with E-state index in [1.807, 2.05) is 14.0 Å². The zero-order valence-electron chi connectivity index (χ0n) is 6.44. The molecule has 0 rings (SSSR count). The lowest BCUT2D eigenvalue weighted by Gasteiger charge is -2.12. The van der Waals surface area contributed by atoms with Gasteiger partial charge < -0.3 is 9.64 Å². The van der Waals surface area contributed by atoms with E-state index in [0.29, 0.717) is 0 Å². The predicted molar refractivity (Wildman–Crippen MR) is 38.2 cm³/mol. The molecule has 0 aromatic rings. The van der Waals surface area contributed by atoms with Crippen molar-refractivity contribution in [1.82, 2.24) is 0 Å². The Labute approximate surface area is 57.8 Å². The van der Waals surface area contributed by atoms with Crippen molar-refractivity contribution in [2.75, 3.05) is 26.8 Å². The summed E-state index contributed by atoms with van der Waals surface area (Å²) < 4.78 is 5.14. The van der Waals surface area contributed by atoms with E-state index in [1.165, 1.54) is 4.90 Å². The van der Waals surface area contributed by atoms with Crippen LogP contribution in [0.4, 0.5) is 0 Å². The zero-order chi connectivity index (χ0) is 7.11. The first-order chi connectivity index (χ1) is 4.27. The maximum atomic E-state index is 5.14. The summed E-state index contributed by atoms with van der Waals surface area (Å²) in [5.41, 5.74) is 0. The van der Waals surface area contributed by atoms with E-state index >= 15 is 0 Å². The molecule has 0 heterocycles. The number of ether oxygens (including phenoxy) is 1. The molecule has 2 nitrogen and oxygen atoms in total. The van der Waals surface area contributed by atoms with Gasteiger partial charge in [0.15, 0.2) is 0 Å². The van der Waals surface area contributed by atoms with Crippen LogP contribution in [0, 0.1) is 7.05 Å². The summed E-state index contributed by atoms with van der Waals surface area (Å²) in [7, 11) is 5.84. The largest absolute Gasteiger partial charge is 0.470 e. The molecule has 1 unspecified atom stereocenters. The van der Waals surface area contributed by atoms with E-state index < -0.39 is 0 Å². The summed E-state index contributed by atoms with van der Waals surface area (Å²) >= 11 is 0. The van der Waals surface area contributed by atoms with Crippen LogP contribution in [0.15, 0.2) is 0 Å². The molecular weight excluding hydrogens is 114 g/mol. The Balaban J connectivity index is 2.75. The van der Waals surface area contributed by atoms with Crippen molar-refractivity contribution in [3.63, 3.8) is 0 Å². The van der Waals surface area contributed by atoms with Gasteiger partial charge in [-0.2, -0.15) is 7.05 Å². The van der Waals surface area contributed by atoms with Crippen molar-refractivity contribution in [2.24, 2.45) is 0 Å². The molecule has 0 aliphatic rings. The van der Waals surface area contributed by atoms with E-state index in [9.17, 15) is 0 Å². The summed E-state index contributed by atoms with van der Waals surface area (Å²) in [6, 6.07) is 0. The molecule has 1 atom stereocenters. The maximum Gasteiger partial charge on any atom is 0.0550 e. The normalized spacial score (nSPS) is 13.7. The van der Waals surface area contributed by atoms with E-state index in [1.54, 1.807) is 0 Å². The maximum absolute atomic E-state index is 5.14. The van der Waals surface area contributed by atoms with Crippen LogP contribution in [-0.2, 0) is 4.74 Å². The van der Waals surface area contributed by atoms with Gasteiger partial charge in [0.2, 0.25) is 0 Å². The lowest BCUT2D eigenvalue weighted by Crippen LogP contribution is -3.03. The fraction of sp³-hybridized carbons (Fsp3) is 0.857. The Morgan fingerprint density at radius 3 is 2.67 bits per heavy atom. The van der Waals surface area contributed by atoms with Gasteiger partial charge in [0, 0.05) is 20.1 Å². The van der Waals surface area contributed by atoms with Crippen LogP contribution in [0.3, 0.4) is 0 Å². The molecular formula is C7H17NO. The SMILES string of the molecule is [CH2-][NH+](C)CCCOCC. The quantitative estimate of drug-likeness (QED) is 0.400. The second-order valence-electron chi connectivity index (χ2n) is 2.26. The summed E-state index contributed by atoms with van der Waals surface area (Å²) in [5, 5.41) is 0. The van der Waals surface area contributed by atoms with Crippen LogP contribution in [0.5, 0.6) is 0 Å². The molecule has 1 N–H and O–H groups in total. The number of hydrogen-bond acceptors (Lipinski definition) is 1. The van der Waals surface area contributed by atoms with Gasteiger partial charge >= 0.3 is 0 Å². The molecule has 9 heavy (non-hydrogen) atoms. The van der Waals surface area contributed by atoms with Crippen molar-refractivity contribution in [1.29, 1.82) is 0 Å². The highest BCUT2D eigenvalue weighted by Gasteiger charge is 1.87. The predicted octanol–water partition coefficient (Wildman–Crippen LogP) is -0.281. The Morgan fingerprint density at radius 1 is 1.56 bits per heavy atom. The van der Waals surface area contributed by atoms with Crippen LogP contribution < -0.4 is 4.90 Å². The fourth-order valence-electron chi connectivity index (χ4n) is 0.620. The standard InChI is InChI=1S/C7H17NO/c1-4-9-7-5-6-8(2)3/h8H,2,4-7H2,1,3H3. The highest BCUT2D eigenvalue weighted by atomic mass is 16.5. The van der Waals surface area contributed by atoms with Crippen LogP contribution >= 0.6 is 0 Å². The molecule has 0 radical (unpaired) electrons. The minimum atomic E-state index is 0.830. The average molecular weight is 131 g/mol. The van der Waals surface area contributed by atoms with Crippen molar-refractivity contribution in [3.8, 4) is 0 Å². The van der Waals surface area contributed by atoms with Gasteiger partial charge in [-0.1, -0.05) is 0 Å². The first-order valence-electron chi connectivity index (χ1n) is 3.49. The third-order valence-electron chi connectivity index (χ3n) is 1.10. The zero-order valence-corrected chi connectivity index (χ0v) is 6.44. The molecule has 0 aliphatic heterocycles. The Morgan fingerprint density at radius 2 is 2.22 bits per heavy atom. The second-order valence-corrected chi connectivity index (χ2v) is 2.26. The third-order valence-corrected chi connectivity index (χ3v) is 1.10. The smallest absolute Gasteiger partial charge is 0.0550 e. The number of quaternary nitrogens is 1. The van der Waals surface area contributed by atoms with Crippen molar-refractivity contribution in [2.45, 2.75) is 13.3 Å².